The molecule has 0 bridgehead atoms. The lowest BCUT2D eigenvalue weighted by Gasteiger charge is -2.18. The lowest BCUT2D eigenvalue weighted by Crippen LogP contribution is -2.15. The minimum absolute atomic E-state index is 0.0279. The molecular weight excluding hydrogens is 723 g/mol. The molecule has 11 aromatic rings. The fourth-order valence-corrected chi connectivity index (χ4v) is 9.57. The van der Waals surface area contributed by atoms with Crippen molar-refractivity contribution >= 4 is 65.4 Å². The third-order valence-corrected chi connectivity index (χ3v) is 12.3. The van der Waals surface area contributed by atoms with Crippen molar-refractivity contribution in [3.8, 4) is 45.2 Å². The van der Waals surface area contributed by atoms with Crippen molar-refractivity contribution in [1.29, 1.82) is 0 Å². The summed E-state index contributed by atoms with van der Waals surface area (Å²) in [6.07, 6.45) is 8.66. The molecule has 3 aromatic heterocycles. The van der Waals surface area contributed by atoms with Crippen molar-refractivity contribution in [2.45, 2.75) is 12.0 Å². The van der Waals surface area contributed by atoms with Crippen LogP contribution in [0.15, 0.2) is 193 Å². The number of hydrogen-bond acceptors (Lipinski definition) is 4. The fraction of sp³-hybridized carbons (Fsp3) is 0.0370. The first-order valence-electron chi connectivity index (χ1n) is 20.1. The van der Waals surface area contributed by atoms with Crippen LogP contribution in [0, 0.1) is 0 Å². The van der Waals surface area contributed by atoms with Crippen LogP contribution < -0.4 is 4.74 Å². The molecule has 0 saturated heterocycles. The minimum Gasteiger partial charge on any atom is -0.485 e. The Bertz CT molecular complexity index is 3600. The highest BCUT2D eigenvalue weighted by atomic mass is 16.5. The van der Waals surface area contributed by atoms with Crippen molar-refractivity contribution in [3.05, 3.63) is 194 Å². The van der Waals surface area contributed by atoms with E-state index in [1.54, 1.807) is 0 Å². The van der Waals surface area contributed by atoms with Crippen LogP contribution in [0.3, 0.4) is 0 Å². The first kappa shape index (κ1) is 32.3. The number of rotatable bonds is 4. The Kier molecular flexibility index (Phi) is 6.78. The topological polar surface area (TPSA) is 53.1 Å². The van der Waals surface area contributed by atoms with Crippen molar-refractivity contribution in [2.75, 3.05) is 0 Å². The number of para-hydroxylation sites is 1. The fourth-order valence-electron chi connectivity index (χ4n) is 9.57. The number of fused-ring (bicyclic) bond motifs is 12. The highest BCUT2D eigenvalue weighted by Gasteiger charge is 2.34. The van der Waals surface area contributed by atoms with Gasteiger partial charge < -0.3 is 13.7 Å². The third kappa shape index (κ3) is 4.85. The number of ether oxygens (including phenoxy) is 1. The summed E-state index contributed by atoms with van der Waals surface area (Å²) in [7, 11) is 0. The maximum Gasteiger partial charge on any atom is 0.180 e. The number of benzene rings is 8. The van der Waals surface area contributed by atoms with E-state index in [1.807, 2.05) is 36.4 Å². The number of furan rings is 1. The largest absolute Gasteiger partial charge is 0.485 e. The van der Waals surface area contributed by atoms with Gasteiger partial charge in [0.2, 0.25) is 0 Å². The average molecular weight is 756 g/mol. The van der Waals surface area contributed by atoms with Gasteiger partial charge in [-0.3, -0.25) is 0 Å². The lowest BCUT2D eigenvalue weighted by molar-refractivity contribution is 0.269. The molecule has 1 aliphatic heterocycles. The minimum atomic E-state index is -0.0279. The Labute approximate surface area is 338 Å². The highest BCUT2D eigenvalue weighted by molar-refractivity contribution is 6.15. The van der Waals surface area contributed by atoms with Gasteiger partial charge in [0.15, 0.2) is 11.4 Å². The van der Waals surface area contributed by atoms with E-state index in [4.69, 9.17) is 19.1 Å². The second-order valence-corrected chi connectivity index (χ2v) is 15.6. The third-order valence-electron chi connectivity index (χ3n) is 12.3. The molecule has 2 atom stereocenters. The molecule has 0 N–H and O–H groups in total. The molecule has 5 heteroatoms. The highest BCUT2D eigenvalue weighted by Crippen LogP contribution is 2.48. The Morgan fingerprint density at radius 3 is 2.10 bits per heavy atom. The number of aromatic nitrogens is 3. The molecule has 4 heterocycles. The Morgan fingerprint density at radius 2 is 1.24 bits per heavy atom. The molecule has 5 nitrogen and oxygen atoms in total. The molecule has 13 rings (SSSR count). The van der Waals surface area contributed by atoms with Crippen LogP contribution in [-0.4, -0.2) is 20.6 Å². The molecule has 0 saturated carbocycles. The van der Waals surface area contributed by atoms with Crippen LogP contribution in [0.1, 0.15) is 11.5 Å². The number of nitrogens with zero attached hydrogens (tertiary/aromatic N) is 3. The Morgan fingerprint density at radius 1 is 0.492 bits per heavy atom. The van der Waals surface area contributed by atoms with Crippen LogP contribution >= 0.6 is 0 Å². The van der Waals surface area contributed by atoms with Gasteiger partial charge in [0.1, 0.15) is 28.6 Å². The second-order valence-electron chi connectivity index (χ2n) is 15.6. The summed E-state index contributed by atoms with van der Waals surface area (Å²) >= 11 is 0. The lowest BCUT2D eigenvalue weighted by atomic mass is 9.87. The Balaban J connectivity index is 1.09. The zero-order valence-corrected chi connectivity index (χ0v) is 31.7. The van der Waals surface area contributed by atoms with Crippen LogP contribution in [-0.2, 0) is 0 Å². The molecule has 2 unspecified atom stereocenters. The summed E-state index contributed by atoms with van der Waals surface area (Å²) in [5.41, 5.74) is 11.8. The normalized spacial score (nSPS) is 15.8. The van der Waals surface area contributed by atoms with Gasteiger partial charge in [0, 0.05) is 44.2 Å². The number of hydrogen-bond donors (Lipinski definition) is 0. The molecule has 0 fully saturated rings. The molecule has 59 heavy (non-hydrogen) atoms. The zero-order chi connectivity index (χ0) is 38.6. The zero-order valence-electron chi connectivity index (χ0n) is 31.7. The van der Waals surface area contributed by atoms with Crippen LogP contribution in [0.5, 0.6) is 5.75 Å². The van der Waals surface area contributed by atoms with E-state index in [0.29, 0.717) is 11.4 Å². The first-order chi connectivity index (χ1) is 29.2. The van der Waals surface area contributed by atoms with Gasteiger partial charge >= 0.3 is 0 Å². The average Bonchev–Trinajstić information content (AvgIpc) is 3.97. The Hall–Kier alpha value is -7.76. The molecule has 0 amide bonds. The van der Waals surface area contributed by atoms with Gasteiger partial charge in [-0.1, -0.05) is 127 Å². The SMILES string of the molecule is C1=CC2Oc3ccc4c(-n5c6ccccc6c6cc7ccccc7cc65)cc(-c5ccc6c(c5)oc5c(-c7ccccc7)nc(-c7ccccc7)nc56)cc4c3C2C=C1. The van der Waals surface area contributed by atoms with Crippen LogP contribution in [0.2, 0.25) is 0 Å². The molecular formula is C54H33N3O2. The molecule has 0 spiro atoms. The van der Waals surface area contributed by atoms with Crippen molar-refractivity contribution < 1.29 is 9.15 Å². The smallest absolute Gasteiger partial charge is 0.180 e. The van der Waals surface area contributed by atoms with E-state index < -0.39 is 0 Å². The van der Waals surface area contributed by atoms with E-state index >= 15 is 0 Å². The van der Waals surface area contributed by atoms with Gasteiger partial charge in [-0.05, 0) is 88.0 Å². The molecule has 8 aromatic carbocycles. The van der Waals surface area contributed by atoms with E-state index in [9.17, 15) is 0 Å². The summed E-state index contributed by atoms with van der Waals surface area (Å²) in [6, 6.07) is 58.2. The maximum atomic E-state index is 6.81. The van der Waals surface area contributed by atoms with E-state index in [0.717, 1.165) is 55.9 Å². The summed E-state index contributed by atoms with van der Waals surface area (Å²) < 4.78 is 15.9. The van der Waals surface area contributed by atoms with Crippen molar-refractivity contribution in [3.63, 3.8) is 0 Å². The quantitative estimate of drug-likeness (QED) is 0.179. The van der Waals surface area contributed by atoms with Crippen molar-refractivity contribution in [1.82, 2.24) is 14.5 Å². The molecule has 0 radical (unpaired) electrons. The van der Waals surface area contributed by atoms with E-state index in [1.165, 1.54) is 48.9 Å². The van der Waals surface area contributed by atoms with Gasteiger partial charge in [-0.2, -0.15) is 0 Å². The predicted octanol–water partition coefficient (Wildman–Crippen LogP) is 13.8. The second kappa shape index (κ2) is 12.4. The van der Waals surface area contributed by atoms with Gasteiger partial charge in [-0.15, -0.1) is 0 Å². The maximum absolute atomic E-state index is 6.81. The molecule has 2 aliphatic rings. The monoisotopic (exact) mass is 755 g/mol. The summed E-state index contributed by atoms with van der Waals surface area (Å²) in [6.45, 7) is 0. The van der Waals surface area contributed by atoms with E-state index in [2.05, 4.69) is 156 Å². The van der Waals surface area contributed by atoms with Crippen LogP contribution in [0.4, 0.5) is 0 Å². The van der Waals surface area contributed by atoms with Gasteiger partial charge in [0.25, 0.3) is 0 Å². The summed E-state index contributed by atoms with van der Waals surface area (Å²) in [5.74, 6) is 1.73. The van der Waals surface area contributed by atoms with E-state index in [-0.39, 0.29) is 12.0 Å². The number of allylic oxidation sites excluding steroid dienone is 2. The standard InChI is InChI=1S/C54H33N3O2/c1-3-13-32(14-4-1)51-53-52(56-54(55-51)33-15-5-2-6-16-33)41-24-23-36(31-49(41)59-53)37-28-43-39(25-26-48-50(43)40-20-10-12-22-47(40)58-48)45(30-37)57-44-21-11-9-19-38(44)42-27-34-17-7-8-18-35(34)29-46(42)57/h1-31,40,47H. The van der Waals surface area contributed by atoms with Crippen molar-refractivity contribution in [2.24, 2.45) is 0 Å². The molecule has 1 aliphatic carbocycles. The summed E-state index contributed by atoms with van der Waals surface area (Å²) in [4.78, 5) is 10.2. The summed E-state index contributed by atoms with van der Waals surface area (Å²) in [5, 5.41) is 8.22. The van der Waals surface area contributed by atoms with Gasteiger partial charge in [0.05, 0.1) is 16.7 Å². The predicted molar refractivity (Wildman–Crippen MR) is 240 cm³/mol. The first-order valence-corrected chi connectivity index (χ1v) is 20.1. The molecule has 276 valence electrons. The van der Waals surface area contributed by atoms with Crippen LogP contribution in [0.25, 0.3) is 105 Å². The van der Waals surface area contributed by atoms with Gasteiger partial charge in [-0.25, -0.2) is 9.97 Å².